The zero-order valence-corrected chi connectivity index (χ0v) is 19.6. The number of aromatic nitrogens is 2. The van der Waals surface area contributed by atoms with Crippen LogP contribution in [0.2, 0.25) is 0 Å². The zero-order chi connectivity index (χ0) is 25.5. The maximum atomic E-state index is 13.4. The van der Waals surface area contributed by atoms with Crippen LogP contribution in [0.25, 0.3) is 44.8 Å². The van der Waals surface area contributed by atoms with E-state index in [2.05, 4.69) is 10.1 Å². The molecule has 37 heavy (non-hydrogen) atoms. The van der Waals surface area contributed by atoms with E-state index in [9.17, 15) is 14.7 Å². The number of aromatic carboxylic acids is 1. The molecule has 0 bridgehead atoms. The first-order chi connectivity index (χ1) is 18.0. The molecule has 0 atom stereocenters. The maximum absolute atomic E-state index is 13.4. The Balaban J connectivity index is 1.45. The Morgan fingerprint density at radius 2 is 1.76 bits per heavy atom. The molecular weight excluding hydrogens is 470 g/mol. The fourth-order valence-corrected chi connectivity index (χ4v) is 4.30. The normalized spacial score (nSPS) is 11.6. The summed E-state index contributed by atoms with van der Waals surface area (Å²) < 4.78 is 13.1. The topological polar surface area (TPSA) is 111 Å². The van der Waals surface area contributed by atoms with Crippen molar-refractivity contribution in [1.82, 2.24) is 9.66 Å². The van der Waals surface area contributed by atoms with Crippen LogP contribution >= 0.6 is 0 Å². The summed E-state index contributed by atoms with van der Waals surface area (Å²) in [7, 11) is 0. The number of para-hydroxylation sites is 2. The van der Waals surface area contributed by atoms with Gasteiger partial charge in [-0.25, -0.2) is 9.78 Å². The van der Waals surface area contributed by atoms with E-state index in [1.165, 1.54) is 10.9 Å². The van der Waals surface area contributed by atoms with Gasteiger partial charge in [0.05, 0.1) is 22.7 Å². The van der Waals surface area contributed by atoms with Crippen LogP contribution in [0.4, 0.5) is 0 Å². The molecule has 3 aromatic heterocycles. The minimum Gasteiger partial charge on any atom is -0.478 e. The Bertz CT molecular complexity index is 1880. The van der Waals surface area contributed by atoms with Gasteiger partial charge in [0.15, 0.2) is 5.76 Å². The van der Waals surface area contributed by atoms with Crippen molar-refractivity contribution in [2.75, 3.05) is 0 Å². The third-order valence-electron chi connectivity index (χ3n) is 6.16. The van der Waals surface area contributed by atoms with Crippen molar-refractivity contribution < 1.29 is 18.7 Å². The number of rotatable bonds is 5. The summed E-state index contributed by atoms with van der Waals surface area (Å²) in [5.74, 6) is 0.527. The lowest BCUT2D eigenvalue weighted by Crippen LogP contribution is -2.20. The highest BCUT2D eigenvalue weighted by Gasteiger charge is 2.17. The molecule has 0 unspecified atom stereocenters. The molecule has 3 aromatic carbocycles. The van der Waals surface area contributed by atoms with E-state index in [4.69, 9.17) is 8.83 Å². The van der Waals surface area contributed by atoms with E-state index in [-0.39, 0.29) is 16.9 Å². The van der Waals surface area contributed by atoms with Crippen LogP contribution in [0.15, 0.2) is 104 Å². The van der Waals surface area contributed by atoms with Crippen molar-refractivity contribution in [3.63, 3.8) is 0 Å². The number of carbonyl (C=O) groups is 1. The monoisotopic (exact) mass is 489 g/mol. The number of nitrogens with zero attached hydrogens (tertiary/aromatic N) is 3. The molecule has 1 N–H and O–H groups in total. The standard InChI is InChI=1S/C29H19N3O5/c1-17-20(9-6-10-21(17)29(34)35)25-14-13-19(36-25)16-30-32-27(26-15-18-7-2-5-12-24(18)37-26)31-23-11-4-3-8-22(23)28(32)33/h2-16H,1H3,(H,34,35). The fourth-order valence-electron chi connectivity index (χ4n) is 4.30. The van der Waals surface area contributed by atoms with Gasteiger partial charge in [-0.05, 0) is 55.0 Å². The Kier molecular flexibility index (Phi) is 5.27. The third-order valence-corrected chi connectivity index (χ3v) is 6.16. The van der Waals surface area contributed by atoms with Crippen LogP contribution < -0.4 is 5.56 Å². The Morgan fingerprint density at radius 3 is 2.59 bits per heavy atom. The molecule has 3 heterocycles. The number of carboxylic acids is 1. The van der Waals surface area contributed by atoms with Gasteiger partial charge in [0.1, 0.15) is 17.1 Å². The maximum Gasteiger partial charge on any atom is 0.335 e. The molecule has 0 aliphatic rings. The van der Waals surface area contributed by atoms with Gasteiger partial charge in [0, 0.05) is 10.9 Å². The molecule has 0 saturated heterocycles. The minimum absolute atomic E-state index is 0.202. The van der Waals surface area contributed by atoms with E-state index in [1.807, 2.05) is 36.4 Å². The summed E-state index contributed by atoms with van der Waals surface area (Å²) in [5.41, 5.74) is 2.30. The zero-order valence-electron chi connectivity index (χ0n) is 19.6. The molecule has 0 aliphatic carbocycles. The van der Waals surface area contributed by atoms with Crippen molar-refractivity contribution in [1.29, 1.82) is 0 Å². The number of hydrogen-bond acceptors (Lipinski definition) is 6. The molecule has 6 rings (SSSR count). The first-order valence-corrected chi connectivity index (χ1v) is 11.5. The van der Waals surface area contributed by atoms with Gasteiger partial charge in [0.2, 0.25) is 5.82 Å². The molecule has 0 amide bonds. The smallest absolute Gasteiger partial charge is 0.335 e. The molecule has 8 nitrogen and oxygen atoms in total. The molecule has 8 heteroatoms. The Labute approximate surface area is 209 Å². The lowest BCUT2D eigenvalue weighted by atomic mass is 10.0. The van der Waals surface area contributed by atoms with Gasteiger partial charge in [-0.3, -0.25) is 4.79 Å². The van der Waals surface area contributed by atoms with Crippen LogP contribution in [-0.2, 0) is 0 Å². The Morgan fingerprint density at radius 1 is 0.946 bits per heavy atom. The SMILES string of the molecule is Cc1c(C(=O)O)cccc1-c1ccc(C=Nn2c(-c3cc4ccccc4o3)nc3ccccc3c2=O)o1. The average molecular weight is 489 g/mol. The molecule has 6 aromatic rings. The van der Waals surface area contributed by atoms with Gasteiger partial charge in [-0.15, -0.1) is 0 Å². The van der Waals surface area contributed by atoms with Crippen LogP contribution in [0.3, 0.4) is 0 Å². The van der Waals surface area contributed by atoms with Gasteiger partial charge in [-0.1, -0.05) is 42.5 Å². The minimum atomic E-state index is -1.01. The van der Waals surface area contributed by atoms with Gasteiger partial charge in [-0.2, -0.15) is 9.78 Å². The van der Waals surface area contributed by atoms with Crippen molar-refractivity contribution >= 4 is 34.1 Å². The summed E-state index contributed by atoms with van der Waals surface area (Å²) in [6, 6.07) is 24.9. The van der Waals surface area contributed by atoms with Crippen molar-refractivity contribution in [3.8, 4) is 22.9 Å². The lowest BCUT2D eigenvalue weighted by Gasteiger charge is -2.07. The third kappa shape index (κ3) is 3.90. The predicted octanol–water partition coefficient (Wildman–Crippen LogP) is 5.96. The molecule has 0 spiro atoms. The van der Waals surface area contributed by atoms with Gasteiger partial charge in [0.25, 0.3) is 5.56 Å². The van der Waals surface area contributed by atoms with E-state index in [1.54, 1.807) is 55.5 Å². The highest BCUT2D eigenvalue weighted by atomic mass is 16.4. The molecule has 0 saturated carbocycles. The van der Waals surface area contributed by atoms with E-state index < -0.39 is 5.97 Å². The molecule has 0 radical (unpaired) electrons. The average Bonchev–Trinajstić information content (AvgIpc) is 3.55. The molecule has 180 valence electrons. The summed E-state index contributed by atoms with van der Waals surface area (Å²) in [6.45, 7) is 1.73. The van der Waals surface area contributed by atoms with Crippen LogP contribution in [-0.4, -0.2) is 27.0 Å². The largest absolute Gasteiger partial charge is 0.478 e. The van der Waals surface area contributed by atoms with Crippen LogP contribution in [0.1, 0.15) is 21.7 Å². The summed E-state index contributed by atoms with van der Waals surface area (Å²) in [6.07, 6.45) is 1.42. The number of fused-ring (bicyclic) bond motifs is 2. The summed E-state index contributed by atoms with van der Waals surface area (Å²) in [5, 5.41) is 15.1. The predicted molar refractivity (Wildman–Crippen MR) is 140 cm³/mol. The van der Waals surface area contributed by atoms with Crippen molar-refractivity contribution in [3.05, 3.63) is 112 Å². The van der Waals surface area contributed by atoms with E-state index in [0.717, 1.165) is 5.39 Å². The fraction of sp³-hybridized carbons (Fsp3) is 0.0345. The van der Waals surface area contributed by atoms with Gasteiger partial charge < -0.3 is 13.9 Å². The van der Waals surface area contributed by atoms with E-state index >= 15 is 0 Å². The highest BCUT2D eigenvalue weighted by Crippen LogP contribution is 2.29. The van der Waals surface area contributed by atoms with Crippen LogP contribution in [0.5, 0.6) is 0 Å². The second kappa shape index (κ2) is 8.76. The number of carboxylic acid groups (broad SMARTS) is 1. The first kappa shape index (κ1) is 22.2. The second-order valence-electron chi connectivity index (χ2n) is 8.45. The molecule has 0 aliphatic heterocycles. The molecular formula is C29H19N3O5. The number of benzene rings is 3. The quantitative estimate of drug-likeness (QED) is 0.299. The van der Waals surface area contributed by atoms with Gasteiger partial charge >= 0.3 is 5.97 Å². The van der Waals surface area contributed by atoms with E-state index in [0.29, 0.717) is 44.9 Å². The first-order valence-electron chi connectivity index (χ1n) is 11.5. The summed E-state index contributed by atoms with van der Waals surface area (Å²) in [4.78, 5) is 29.6. The van der Waals surface area contributed by atoms with Crippen molar-refractivity contribution in [2.24, 2.45) is 5.10 Å². The second-order valence-corrected chi connectivity index (χ2v) is 8.45. The van der Waals surface area contributed by atoms with Crippen molar-refractivity contribution in [2.45, 2.75) is 6.92 Å². The van der Waals surface area contributed by atoms with Crippen LogP contribution in [0, 0.1) is 6.92 Å². The summed E-state index contributed by atoms with van der Waals surface area (Å²) >= 11 is 0. The highest BCUT2D eigenvalue weighted by molar-refractivity contribution is 5.92. The molecule has 0 fully saturated rings. The number of hydrogen-bond donors (Lipinski definition) is 1. The Hall–Kier alpha value is -5.24. The number of furan rings is 2. The lowest BCUT2D eigenvalue weighted by molar-refractivity contribution is 0.0696.